The largest absolute Gasteiger partial charge is 0.381 e. The minimum Gasteiger partial charge on any atom is -0.381 e. The molecule has 0 atom stereocenters. The van der Waals surface area contributed by atoms with Crippen molar-refractivity contribution in [2.75, 3.05) is 26.7 Å². The molecule has 0 aromatic carbocycles. The van der Waals surface area contributed by atoms with E-state index in [1.807, 2.05) is 7.11 Å². The number of methoxy groups -OCH3 is 1. The maximum atomic E-state index is 6.09. The molecule has 0 aromatic heterocycles. The Morgan fingerprint density at radius 2 is 1.68 bits per heavy atom. The van der Waals surface area contributed by atoms with Gasteiger partial charge in [0.2, 0.25) is 0 Å². The van der Waals surface area contributed by atoms with E-state index in [2.05, 4.69) is 4.90 Å². The Morgan fingerprint density at radius 3 is 2.21 bits per heavy atom. The summed E-state index contributed by atoms with van der Waals surface area (Å²) in [6.45, 7) is 3.35. The van der Waals surface area contributed by atoms with Crippen molar-refractivity contribution in [2.45, 2.75) is 69.4 Å². The zero-order valence-electron chi connectivity index (χ0n) is 12.5. The number of likely N-dealkylation sites (tertiary alicyclic amines) is 1. The van der Waals surface area contributed by atoms with Crippen LogP contribution in [0.2, 0.25) is 0 Å². The van der Waals surface area contributed by atoms with Gasteiger partial charge in [0.05, 0.1) is 6.10 Å². The number of nitrogens with zero attached hydrogens (tertiary/aromatic N) is 1. The van der Waals surface area contributed by atoms with Crippen molar-refractivity contribution < 1.29 is 4.74 Å². The van der Waals surface area contributed by atoms with Crippen LogP contribution in [0.1, 0.15) is 57.8 Å². The standard InChI is InChI=1S/C16H30N2O/c1-19-14-11-16(12-14,13-17)18-9-7-15(8-10-18)5-3-2-4-6-15/h14H,2-13,17H2,1H3. The van der Waals surface area contributed by atoms with Gasteiger partial charge in [-0.2, -0.15) is 0 Å². The number of ether oxygens (including phenoxy) is 1. The van der Waals surface area contributed by atoms with E-state index in [9.17, 15) is 0 Å². The molecule has 3 fully saturated rings. The smallest absolute Gasteiger partial charge is 0.0607 e. The van der Waals surface area contributed by atoms with Gasteiger partial charge in [0.15, 0.2) is 0 Å². The normalized spacial score (nSPS) is 39.2. The van der Waals surface area contributed by atoms with Crippen LogP contribution in [0.3, 0.4) is 0 Å². The molecule has 0 amide bonds. The third-order valence-corrected chi connectivity index (χ3v) is 6.34. The Bertz CT molecular complexity index is 296. The summed E-state index contributed by atoms with van der Waals surface area (Å²) in [5.41, 5.74) is 7.07. The third kappa shape index (κ3) is 2.45. The van der Waals surface area contributed by atoms with Gasteiger partial charge in [0.1, 0.15) is 0 Å². The first-order chi connectivity index (χ1) is 9.22. The van der Waals surface area contributed by atoms with Gasteiger partial charge in [-0.15, -0.1) is 0 Å². The van der Waals surface area contributed by atoms with Crippen molar-refractivity contribution in [1.29, 1.82) is 0 Å². The van der Waals surface area contributed by atoms with Crippen LogP contribution >= 0.6 is 0 Å². The summed E-state index contributed by atoms with van der Waals surface area (Å²) >= 11 is 0. The number of hydrogen-bond donors (Lipinski definition) is 1. The average Bonchev–Trinajstić information content (AvgIpc) is 2.41. The van der Waals surface area contributed by atoms with Gasteiger partial charge in [-0.3, -0.25) is 4.90 Å². The highest BCUT2D eigenvalue weighted by molar-refractivity contribution is 5.06. The van der Waals surface area contributed by atoms with Crippen molar-refractivity contribution in [3.8, 4) is 0 Å². The van der Waals surface area contributed by atoms with Crippen molar-refractivity contribution in [2.24, 2.45) is 11.1 Å². The first-order valence-corrected chi connectivity index (χ1v) is 8.20. The number of nitrogens with two attached hydrogens (primary N) is 1. The fraction of sp³-hybridized carbons (Fsp3) is 1.00. The molecule has 0 unspecified atom stereocenters. The zero-order chi connectivity index (χ0) is 13.3. The van der Waals surface area contributed by atoms with Crippen LogP contribution in [0.25, 0.3) is 0 Å². The Hall–Kier alpha value is -0.120. The van der Waals surface area contributed by atoms with Crippen molar-refractivity contribution >= 4 is 0 Å². The van der Waals surface area contributed by atoms with Crippen LogP contribution in [0.4, 0.5) is 0 Å². The van der Waals surface area contributed by atoms with Crippen LogP contribution in [0.15, 0.2) is 0 Å². The molecular formula is C16H30N2O. The van der Waals surface area contributed by atoms with Gasteiger partial charge in [0, 0.05) is 19.2 Å². The molecule has 0 aromatic rings. The second kappa shape index (κ2) is 5.34. The summed E-state index contributed by atoms with van der Waals surface area (Å²) in [6, 6.07) is 0. The molecule has 1 aliphatic heterocycles. The molecule has 1 heterocycles. The molecule has 1 saturated heterocycles. The number of hydrogen-bond acceptors (Lipinski definition) is 3. The second-order valence-electron chi connectivity index (χ2n) is 7.24. The van der Waals surface area contributed by atoms with Gasteiger partial charge in [-0.05, 0) is 57.0 Å². The molecule has 3 nitrogen and oxygen atoms in total. The summed E-state index contributed by atoms with van der Waals surface area (Å²) in [6.07, 6.45) is 12.9. The lowest BCUT2D eigenvalue weighted by Crippen LogP contribution is -2.65. The molecule has 3 heteroatoms. The van der Waals surface area contributed by atoms with Gasteiger partial charge in [0.25, 0.3) is 0 Å². The van der Waals surface area contributed by atoms with Crippen molar-refractivity contribution in [3.05, 3.63) is 0 Å². The van der Waals surface area contributed by atoms with Crippen LogP contribution in [0.5, 0.6) is 0 Å². The quantitative estimate of drug-likeness (QED) is 0.853. The van der Waals surface area contributed by atoms with Gasteiger partial charge < -0.3 is 10.5 Å². The van der Waals surface area contributed by atoms with Gasteiger partial charge in [-0.1, -0.05) is 19.3 Å². The van der Waals surface area contributed by atoms with E-state index in [1.54, 1.807) is 0 Å². The molecule has 3 aliphatic rings. The number of piperidine rings is 1. The first-order valence-electron chi connectivity index (χ1n) is 8.20. The maximum Gasteiger partial charge on any atom is 0.0607 e. The van der Waals surface area contributed by atoms with Crippen LogP contribution in [0, 0.1) is 5.41 Å². The average molecular weight is 266 g/mol. The minimum atomic E-state index is 0.275. The summed E-state index contributed by atoms with van der Waals surface area (Å²) in [5.74, 6) is 0. The van der Waals surface area contributed by atoms with E-state index in [0.717, 1.165) is 19.4 Å². The SMILES string of the molecule is COC1CC(CN)(N2CCC3(CCCCC3)CC2)C1. The Labute approximate surface area is 117 Å². The molecule has 0 radical (unpaired) electrons. The predicted molar refractivity (Wildman–Crippen MR) is 78.1 cm³/mol. The Morgan fingerprint density at radius 1 is 1.05 bits per heavy atom. The molecule has 0 bridgehead atoms. The van der Waals surface area contributed by atoms with Crippen molar-refractivity contribution in [3.63, 3.8) is 0 Å². The first kappa shape index (κ1) is 13.8. The Kier molecular flexibility index (Phi) is 3.89. The zero-order valence-corrected chi connectivity index (χ0v) is 12.5. The summed E-state index contributed by atoms with van der Waals surface area (Å²) in [5, 5.41) is 0. The van der Waals surface area contributed by atoms with Crippen LogP contribution in [-0.2, 0) is 4.74 Å². The lowest BCUT2D eigenvalue weighted by atomic mass is 9.65. The molecule has 1 spiro atoms. The third-order valence-electron chi connectivity index (χ3n) is 6.34. The van der Waals surface area contributed by atoms with Gasteiger partial charge in [-0.25, -0.2) is 0 Å². The fourth-order valence-corrected chi connectivity index (χ4v) is 4.77. The molecule has 2 N–H and O–H groups in total. The molecule has 2 saturated carbocycles. The number of rotatable bonds is 3. The summed E-state index contributed by atoms with van der Waals surface area (Å²) in [7, 11) is 1.83. The van der Waals surface area contributed by atoms with Crippen molar-refractivity contribution in [1.82, 2.24) is 4.90 Å². The van der Waals surface area contributed by atoms with E-state index < -0.39 is 0 Å². The van der Waals surface area contributed by atoms with E-state index >= 15 is 0 Å². The second-order valence-corrected chi connectivity index (χ2v) is 7.24. The van der Waals surface area contributed by atoms with Crippen LogP contribution in [-0.4, -0.2) is 43.3 Å². The molecule has 3 rings (SSSR count). The summed E-state index contributed by atoms with van der Waals surface area (Å²) in [4.78, 5) is 2.70. The molecular weight excluding hydrogens is 236 g/mol. The minimum absolute atomic E-state index is 0.275. The molecule has 110 valence electrons. The predicted octanol–water partition coefficient (Wildman–Crippen LogP) is 2.54. The topological polar surface area (TPSA) is 38.5 Å². The fourth-order valence-electron chi connectivity index (χ4n) is 4.77. The highest BCUT2D eigenvalue weighted by atomic mass is 16.5. The van der Waals surface area contributed by atoms with Gasteiger partial charge >= 0.3 is 0 Å². The molecule has 2 aliphatic carbocycles. The highest BCUT2D eigenvalue weighted by Gasteiger charge is 2.50. The Balaban J connectivity index is 1.57. The lowest BCUT2D eigenvalue weighted by molar-refractivity contribution is -0.106. The summed E-state index contributed by atoms with van der Waals surface area (Å²) < 4.78 is 5.46. The van der Waals surface area contributed by atoms with E-state index in [0.29, 0.717) is 11.5 Å². The highest BCUT2D eigenvalue weighted by Crippen LogP contribution is 2.48. The van der Waals surface area contributed by atoms with E-state index in [1.165, 1.54) is 58.0 Å². The monoisotopic (exact) mass is 266 g/mol. The van der Waals surface area contributed by atoms with Crippen LogP contribution < -0.4 is 5.73 Å². The van der Waals surface area contributed by atoms with E-state index in [-0.39, 0.29) is 5.54 Å². The lowest BCUT2D eigenvalue weighted by Gasteiger charge is -2.57. The van der Waals surface area contributed by atoms with E-state index in [4.69, 9.17) is 10.5 Å². The molecule has 19 heavy (non-hydrogen) atoms. The maximum absolute atomic E-state index is 6.09.